The van der Waals surface area contributed by atoms with Gasteiger partial charge in [0.15, 0.2) is 0 Å². The van der Waals surface area contributed by atoms with Crippen molar-refractivity contribution in [2.75, 3.05) is 0 Å². The predicted molar refractivity (Wildman–Crippen MR) is 67.1 cm³/mol. The summed E-state index contributed by atoms with van der Waals surface area (Å²) in [5.74, 6) is 0.396. The van der Waals surface area contributed by atoms with Gasteiger partial charge in [-0.05, 0) is 23.8 Å². The van der Waals surface area contributed by atoms with Crippen LogP contribution in [0.4, 0.5) is 4.79 Å². The van der Waals surface area contributed by atoms with Crippen molar-refractivity contribution in [1.82, 2.24) is 0 Å². The van der Waals surface area contributed by atoms with Crippen molar-refractivity contribution in [3.05, 3.63) is 53.6 Å². The molecule has 3 nitrogen and oxygen atoms in total. The Morgan fingerprint density at radius 1 is 1.12 bits per heavy atom. The second-order valence-corrected chi connectivity index (χ2v) is 3.86. The summed E-state index contributed by atoms with van der Waals surface area (Å²) in [5, 5.41) is 0.570. The third kappa shape index (κ3) is 2.77. The maximum Gasteiger partial charge on any atom is 0.409 e. The van der Waals surface area contributed by atoms with Crippen molar-refractivity contribution in [2.24, 2.45) is 5.73 Å². The van der Waals surface area contributed by atoms with Gasteiger partial charge in [-0.3, -0.25) is 0 Å². The van der Waals surface area contributed by atoms with Crippen molar-refractivity contribution in [3.8, 4) is 16.9 Å². The third-order valence-electron chi connectivity index (χ3n) is 2.24. The summed E-state index contributed by atoms with van der Waals surface area (Å²) < 4.78 is 4.93. The second kappa shape index (κ2) is 4.89. The van der Waals surface area contributed by atoms with Crippen LogP contribution in [0.25, 0.3) is 11.1 Å². The van der Waals surface area contributed by atoms with Crippen LogP contribution in [0, 0.1) is 0 Å². The van der Waals surface area contributed by atoms with Crippen molar-refractivity contribution < 1.29 is 9.53 Å². The van der Waals surface area contributed by atoms with Crippen molar-refractivity contribution >= 4 is 17.7 Å². The van der Waals surface area contributed by atoms with Crippen molar-refractivity contribution in [1.29, 1.82) is 0 Å². The zero-order valence-corrected chi connectivity index (χ0v) is 9.65. The molecule has 0 radical (unpaired) electrons. The van der Waals surface area contributed by atoms with E-state index in [0.717, 1.165) is 11.1 Å². The topological polar surface area (TPSA) is 52.3 Å². The van der Waals surface area contributed by atoms with Crippen LogP contribution >= 0.6 is 11.6 Å². The first-order valence-electron chi connectivity index (χ1n) is 4.99. The molecule has 86 valence electrons. The lowest BCUT2D eigenvalue weighted by Crippen LogP contribution is -2.16. The molecule has 17 heavy (non-hydrogen) atoms. The Balaban J connectivity index is 2.51. The number of nitrogens with two attached hydrogens (primary N) is 1. The molecule has 0 saturated carbocycles. The zero-order valence-electron chi connectivity index (χ0n) is 8.89. The van der Waals surface area contributed by atoms with Crippen LogP contribution in [-0.4, -0.2) is 6.09 Å². The Hall–Kier alpha value is -2.00. The van der Waals surface area contributed by atoms with Crippen LogP contribution in [0.3, 0.4) is 0 Å². The number of primary amides is 1. The molecule has 0 saturated heterocycles. The van der Waals surface area contributed by atoms with Crippen LogP contribution in [0.2, 0.25) is 5.02 Å². The van der Waals surface area contributed by atoms with Gasteiger partial charge in [0.1, 0.15) is 5.75 Å². The van der Waals surface area contributed by atoms with Gasteiger partial charge >= 0.3 is 6.09 Å². The molecule has 0 bridgehead atoms. The number of ether oxygens (including phenoxy) is 1. The van der Waals surface area contributed by atoms with Gasteiger partial charge in [-0.25, -0.2) is 4.79 Å². The summed E-state index contributed by atoms with van der Waals surface area (Å²) in [6, 6.07) is 14.5. The molecule has 0 unspecified atom stereocenters. The van der Waals surface area contributed by atoms with Crippen molar-refractivity contribution in [2.45, 2.75) is 0 Å². The molecule has 0 heterocycles. The number of hydrogen-bond acceptors (Lipinski definition) is 2. The van der Waals surface area contributed by atoms with Gasteiger partial charge in [0.2, 0.25) is 0 Å². The Bertz CT molecular complexity index is 540. The van der Waals surface area contributed by atoms with Gasteiger partial charge in [-0.15, -0.1) is 0 Å². The summed E-state index contributed by atoms with van der Waals surface area (Å²) in [4.78, 5) is 10.8. The minimum Gasteiger partial charge on any atom is -0.410 e. The van der Waals surface area contributed by atoms with Gasteiger partial charge in [-0.2, -0.15) is 0 Å². The first-order chi connectivity index (χ1) is 8.16. The van der Waals surface area contributed by atoms with E-state index in [1.807, 2.05) is 30.3 Å². The maximum atomic E-state index is 10.8. The van der Waals surface area contributed by atoms with Gasteiger partial charge in [0, 0.05) is 10.6 Å². The predicted octanol–water partition coefficient (Wildman–Crippen LogP) is 3.46. The Morgan fingerprint density at radius 3 is 2.47 bits per heavy atom. The van der Waals surface area contributed by atoms with Crippen LogP contribution < -0.4 is 10.5 Å². The van der Waals surface area contributed by atoms with Crippen LogP contribution in [-0.2, 0) is 0 Å². The van der Waals surface area contributed by atoms with Gasteiger partial charge in [0.05, 0.1) is 0 Å². The fourth-order valence-corrected chi connectivity index (χ4v) is 1.71. The molecule has 0 aliphatic heterocycles. The molecule has 0 spiro atoms. The van der Waals surface area contributed by atoms with Gasteiger partial charge < -0.3 is 10.5 Å². The molecule has 0 aliphatic rings. The number of hydrogen-bond donors (Lipinski definition) is 1. The summed E-state index contributed by atoms with van der Waals surface area (Å²) >= 11 is 5.93. The Kier molecular flexibility index (Phi) is 3.30. The van der Waals surface area contributed by atoms with E-state index in [0.29, 0.717) is 10.8 Å². The highest BCUT2D eigenvalue weighted by Gasteiger charge is 2.09. The average Bonchev–Trinajstić information content (AvgIpc) is 2.32. The summed E-state index contributed by atoms with van der Waals surface area (Å²) in [7, 11) is 0. The lowest BCUT2D eigenvalue weighted by atomic mass is 10.1. The lowest BCUT2D eigenvalue weighted by Gasteiger charge is -2.09. The highest BCUT2D eigenvalue weighted by atomic mass is 35.5. The number of carbonyl (C=O) groups excluding carboxylic acids is 1. The minimum absolute atomic E-state index is 0.396. The number of benzene rings is 2. The number of carbonyl (C=O) groups is 1. The molecule has 0 atom stereocenters. The van der Waals surface area contributed by atoms with Gasteiger partial charge in [0.25, 0.3) is 0 Å². The van der Waals surface area contributed by atoms with E-state index in [4.69, 9.17) is 22.1 Å². The number of amides is 1. The SMILES string of the molecule is NC(=O)Oc1ccc(Cl)cc1-c1ccccc1. The average molecular weight is 248 g/mol. The molecular weight excluding hydrogens is 238 g/mol. The molecular formula is C13H10ClNO2. The van der Waals surface area contributed by atoms with E-state index in [9.17, 15) is 4.79 Å². The fraction of sp³-hybridized carbons (Fsp3) is 0. The molecule has 0 aromatic heterocycles. The maximum absolute atomic E-state index is 10.8. The van der Waals surface area contributed by atoms with E-state index in [2.05, 4.69) is 0 Å². The monoisotopic (exact) mass is 247 g/mol. The fourth-order valence-electron chi connectivity index (χ4n) is 1.54. The summed E-state index contributed by atoms with van der Waals surface area (Å²) in [6.07, 6.45) is -0.843. The minimum atomic E-state index is -0.843. The first kappa shape index (κ1) is 11.5. The largest absolute Gasteiger partial charge is 0.410 e. The molecule has 2 N–H and O–H groups in total. The van der Waals surface area contributed by atoms with Crippen molar-refractivity contribution in [3.63, 3.8) is 0 Å². The molecule has 2 aromatic rings. The van der Waals surface area contributed by atoms with E-state index in [-0.39, 0.29) is 0 Å². The smallest absolute Gasteiger partial charge is 0.409 e. The normalized spacial score (nSPS) is 9.94. The van der Waals surface area contributed by atoms with Gasteiger partial charge in [-0.1, -0.05) is 41.9 Å². The second-order valence-electron chi connectivity index (χ2n) is 3.43. The Morgan fingerprint density at radius 2 is 1.82 bits per heavy atom. The zero-order chi connectivity index (χ0) is 12.3. The number of halogens is 1. The highest BCUT2D eigenvalue weighted by Crippen LogP contribution is 2.32. The van der Waals surface area contributed by atoms with Crippen LogP contribution in [0.5, 0.6) is 5.75 Å². The molecule has 2 aromatic carbocycles. The van der Waals surface area contributed by atoms with Crippen LogP contribution in [0.1, 0.15) is 0 Å². The molecule has 4 heteroatoms. The van der Waals surface area contributed by atoms with E-state index in [1.54, 1.807) is 18.2 Å². The molecule has 2 rings (SSSR count). The third-order valence-corrected chi connectivity index (χ3v) is 2.47. The molecule has 0 fully saturated rings. The standard InChI is InChI=1S/C13H10ClNO2/c14-10-6-7-12(17-13(15)16)11(8-10)9-4-2-1-3-5-9/h1-8H,(H2,15,16). The number of rotatable bonds is 2. The Labute approximate surface area is 104 Å². The van der Waals surface area contributed by atoms with E-state index in [1.165, 1.54) is 0 Å². The van der Waals surface area contributed by atoms with E-state index < -0.39 is 6.09 Å². The molecule has 1 amide bonds. The quantitative estimate of drug-likeness (QED) is 0.884. The lowest BCUT2D eigenvalue weighted by molar-refractivity contribution is 0.211. The first-order valence-corrected chi connectivity index (χ1v) is 5.37. The highest BCUT2D eigenvalue weighted by molar-refractivity contribution is 6.31. The molecule has 0 aliphatic carbocycles. The van der Waals surface area contributed by atoms with Crippen LogP contribution in [0.15, 0.2) is 48.5 Å². The summed E-state index contributed by atoms with van der Waals surface area (Å²) in [6.45, 7) is 0. The van der Waals surface area contributed by atoms with E-state index >= 15 is 0 Å². The summed E-state index contributed by atoms with van der Waals surface area (Å²) in [5.41, 5.74) is 6.66.